The third kappa shape index (κ3) is 4.33. The van der Waals surface area contributed by atoms with E-state index in [2.05, 4.69) is 31.2 Å². The van der Waals surface area contributed by atoms with Gasteiger partial charge in [-0.3, -0.25) is 0 Å². The molecule has 18 heavy (non-hydrogen) atoms. The number of hydrogen-bond donors (Lipinski definition) is 1. The van der Waals surface area contributed by atoms with Gasteiger partial charge in [0.05, 0.1) is 0 Å². The average Bonchev–Trinajstić information content (AvgIpc) is 2.91. The zero-order valence-corrected chi connectivity index (χ0v) is 12.2. The molecule has 1 atom stereocenters. The molecule has 2 N–H and O–H groups in total. The molecule has 0 amide bonds. The maximum atomic E-state index is 5.98. The molecule has 1 fully saturated rings. The summed E-state index contributed by atoms with van der Waals surface area (Å²) < 4.78 is 0. The van der Waals surface area contributed by atoms with Crippen LogP contribution < -0.4 is 5.73 Å². The minimum absolute atomic E-state index is 0.307. The summed E-state index contributed by atoms with van der Waals surface area (Å²) in [6.45, 7) is 2.15. The maximum Gasteiger partial charge on any atom is 0.00766 e. The molecular weight excluding hydrogens is 238 g/mol. The molecule has 0 saturated heterocycles. The second-order valence-corrected chi connectivity index (χ2v) is 6.57. The lowest BCUT2D eigenvalue weighted by atomic mass is 10.1. The summed E-state index contributed by atoms with van der Waals surface area (Å²) in [5.74, 6) is 2.26. The van der Waals surface area contributed by atoms with Crippen molar-refractivity contribution in [2.24, 2.45) is 11.7 Å². The monoisotopic (exact) mass is 263 g/mol. The summed E-state index contributed by atoms with van der Waals surface area (Å²) in [4.78, 5) is 1.41. The molecule has 0 aromatic heterocycles. The van der Waals surface area contributed by atoms with Crippen molar-refractivity contribution in [3.63, 3.8) is 0 Å². The SMILES string of the molecule is CCC(N)Cc1ccc(SCC2CCCC2)cc1. The average molecular weight is 263 g/mol. The molecule has 0 radical (unpaired) electrons. The molecule has 1 aliphatic carbocycles. The minimum atomic E-state index is 0.307. The summed E-state index contributed by atoms with van der Waals surface area (Å²) in [5.41, 5.74) is 7.35. The molecule has 1 nitrogen and oxygen atoms in total. The van der Waals surface area contributed by atoms with Crippen molar-refractivity contribution in [1.82, 2.24) is 0 Å². The molecule has 2 rings (SSSR count). The van der Waals surface area contributed by atoms with Gasteiger partial charge in [-0.05, 0) is 49.3 Å². The fourth-order valence-electron chi connectivity index (χ4n) is 2.56. The second-order valence-electron chi connectivity index (χ2n) is 5.48. The van der Waals surface area contributed by atoms with E-state index < -0.39 is 0 Å². The van der Waals surface area contributed by atoms with Gasteiger partial charge in [-0.25, -0.2) is 0 Å². The first-order valence-corrected chi connectivity index (χ1v) is 8.24. The first kappa shape index (κ1) is 14.0. The van der Waals surface area contributed by atoms with Gasteiger partial charge in [0, 0.05) is 16.7 Å². The Balaban J connectivity index is 1.79. The van der Waals surface area contributed by atoms with Crippen LogP contribution in [0.15, 0.2) is 29.2 Å². The van der Waals surface area contributed by atoms with Crippen LogP contribution in [0, 0.1) is 5.92 Å². The van der Waals surface area contributed by atoms with E-state index in [0.717, 1.165) is 18.8 Å². The van der Waals surface area contributed by atoms with Crippen molar-refractivity contribution in [2.45, 2.75) is 56.4 Å². The lowest BCUT2D eigenvalue weighted by Gasteiger charge is -2.10. The number of benzene rings is 1. The molecule has 2 heteroatoms. The molecule has 1 aliphatic rings. The van der Waals surface area contributed by atoms with Crippen molar-refractivity contribution in [3.05, 3.63) is 29.8 Å². The first-order valence-electron chi connectivity index (χ1n) is 7.25. The highest BCUT2D eigenvalue weighted by atomic mass is 32.2. The Hall–Kier alpha value is -0.470. The number of hydrogen-bond acceptors (Lipinski definition) is 2. The van der Waals surface area contributed by atoms with Crippen LogP contribution in [0.5, 0.6) is 0 Å². The van der Waals surface area contributed by atoms with E-state index in [1.807, 2.05) is 11.8 Å². The molecule has 1 saturated carbocycles. The Kier molecular flexibility index (Phi) is 5.58. The fraction of sp³-hybridized carbons (Fsp3) is 0.625. The largest absolute Gasteiger partial charge is 0.327 e. The standard InChI is InChI=1S/C16H25NS/c1-2-15(17)11-13-7-9-16(10-8-13)18-12-14-5-3-4-6-14/h7-10,14-15H,2-6,11-12,17H2,1H3. The maximum absolute atomic E-state index is 5.98. The lowest BCUT2D eigenvalue weighted by molar-refractivity contribution is 0.623. The van der Waals surface area contributed by atoms with E-state index in [1.165, 1.54) is 41.9 Å². The highest BCUT2D eigenvalue weighted by Crippen LogP contribution is 2.31. The number of rotatable bonds is 6. The summed E-state index contributed by atoms with van der Waals surface area (Å²) in [6, 6.07) is 9.32. The Morgan fingerprint density at radius 3 is 2.50 bits per heavy atom. The van der Waals surface area contributed by atoms with Crippen LogP contribution in [0.3, 0.4) is 0 Å². The van der Waals surface area contributed by atoms with Crippen molar-refractivity contribution in [2.75, 3.05) is 5.75 Å². The molecule has 0 aliphatic heterocycles. The Morgan fingerprint density at radius 2 is 1.89 bits per heavy atom. The molecule has 0 spiro atoms. The van der Waals surface area contributed by atoms with Crippen LogP contribution >= 0.6 is 11.8 Å². The van der Waals surface area contributed by atoms with Crippen LogP contribution in [0.25, 0.3) is 0 Å². The van der Waals surface area contributed by atoms with Gasteiger partial charge in [0.15, 0.2) is 0 Å². The van der Waals surface area contributed by atoms with E-state index in [1.54, 1.807) is 0 Å². The molecule has 1 aromatic carbocycles. The Labute approximate surface area is 116 Å². The second kappa shape index (κ2) is 7.20. The molecule has 100 valence electrons. The smallest absolute Gasteiger partial charge is 0.00766 e. The third-order valence-corrected chi connectivity index (χ3v) is 5.15. The van der Waals surface area contributed by atoms with Crippen molar-refractivity contribution < 1.29 is 0 Å². The molecule has 1 aromatic rings. The van der Waals surface area contributed by atoms with Crippen molar-refractivity contribution >= 4 is 11.8 Å². The molecule has 1 unspecified atom stereocenters. The van der Waals surface area contributed by atoms with Gasteiger partial charge in [-0.15, -0.1) is 11.8 Å². The molecule has 0 heterocycles. The summed E-state index contributed by atoms with van der Waals surface area (Å²) in [5, 5.41) is 0. The Bertz CT molecular complexity index is 341. The number of thioether (sulfide) groups is 1. The van der Waals surface area contributed by atoms with E-state index >= 15 is 0 Å². The van der Waals surface area contributed by atoms with E-state index in [4.69, 9.17) is 5.73 Å². The minimum Gasteiger partial charge on any atom is -0.327 e. The predicted octanol–water partition coefficient (Wildman–Crippen LogP) is 4.25. The van der Waals surface area contributed by atoms with Gasteiger partial charge in [0.1, 0.15) is 0 Å². The zero-order valence-electron chi connectivity index (χ0n) is 11.4. The highest BCUT2D eigenvalue weighted by molar-refractivity contribution is 7.99. The fourth-order valence-corrected chi connectivity index (χ4v) is 3.65. The van der Waals surface area contributed by atoms with Gasteiger partial charge in [-0.1, -0.05) is 31.9 Å². The molecule has 0 bridgehead atoms. The Morgan fingerprint density at radius 1 is 1.22 bits per heavy atom. The van der Waals surface area contributed by atoms with Crippen LogP contribution in [-0.2, 0) is 6.42 Å². The van der Waals surface area contributed by atoms with Crippen LogP contribution in [-0.4, -0.2) is 11.8 Å². The topological polar surface area (TPSA) is 26.0 Å². The number of nitrogens with two attached hydrogens (primary N) is 1. The normalized spacial score (nSPS) is 18.1. The van der Waals surface area contributed by atoms with Crippen LogP contribution in [0.4, 0.5) is 0 Å². The van der Waals surface area contributed by atoms with Crippen molar-refractivity contribution in [3.8, 4) is 0 Å². The summed E-state index contributed by atoms with van der Waals surface area (Å²) in [6.07, 6.45) is 7.83. The van der Waals surface area contributed by atoms with Crippen LogP contribution in [0.1, 0.15) is 44.6 Å². The summed E-state index contributed by atoms with van der Waals surface area (Å²) >= 11 is 2.02. The molecular formula is C16H25NS. The van der Waals surface area contributed by atoms with Crippen molar-refractivity contribution in [1.29, 1.82) is 0 Å². The quantitative estimate of drug-likeness (QED) is 0.777. The highest BCUT2D eigenvalue weighted by Gasteiger charge is 2.14. The van der Waals surface area contributed by atoms with E-state index in [-0.39, 0.29) is 0 Å². The van der Waals surface area contributed by atoms with E-state index in [0.29, 0.717) is 6.04 Å². The van der Waals surface area contributed by atoms with Gasteiger partial charge in [0.2, 0.25) is 0 Å². The van der Waals surface area contributed by atoms with Crippen LogP contribution in [0.2, 0.25) is 0 Å². The van der Waals surface area contributed by atoms with Gasteiger partial charge in [0.25, 0.3) is 0 Å². The lowest BCUT2D eigenvalue weighted by Crippen LogP contribution is -2.21. The first-order chi connectivity index (χ1) is 8.78. The van der Waals surface area contributed by atoms with E-state index in [9.17, 15) is 0 Å². The van der Waals surface area contributed by atoms with Gasteiger partial charge in [-0.2, -0.15) is 0 Å². The van der Waals surface area contributed by atoms with Gasteiger partial charge < -0.3 is 5.73 Å². The van der Waals surface area contributed by atoms with Gasteiger partial charge >= 0.3 is 0 Å². The predicted molar refractivity (Wildman–Crippen MR) is 81.1 cm³/mol. The zero-order chi connectivity index (χ0) is 12.8. The third-order valence-electron chi connectivity index (χ3n) is 3.91. The summed E-state index contributed by atoms with van der Waals surface area (Å²) in [7, 11) is 0.